The fourth-order valence-electron chi connectivity index (χ4n) is 2.00. The van der Waals surface area contributed by atoms with E-state index >= 15 is 0 Å². The molecule has 112 valence electrons. The van der Waals surface area contributed by atoms with Gasteiger partial charge in [-0.15, -0.1) is 0 Å². The third kappa shape index (κ3) is 2.37. The van der Waals surface area contributed by atoms with Gasteiger partial charge in [0.05, 0.1) is 11.9 Å². The molecule has 0 bridgehead atoms. The van der Waals surface area contributed by atoms with E-state index in [0.29, 0.717) is 11.0 Å². The van der Waals surface area contributed by atoms with Crippen LogP contribution in [0.25, 0.3) is 16.7 Å². The summed E-state index contributed by atoms with van der Waals surface area (Å²) < 4.78 is 2.67. The number of nitrogens with zero attached hydrogens (tertiary/aromatic N) is 4. The van der Waals surface area contributed by atoms with Crippen LogP contribution in [-0.4, -0.2) is 25.3 Å². The zero-order valence-electron chi connectivity index (χ0n) is 12.2. The summed E-state index contributed by atoms with van der Waals surface area (Å²) in [6.45, 7) is 3.50. The van der Waals surface area contributed by atoms with Crippen LogP contribution in [0.2, 0.25) is 0 Å². The molecule has 0 atom stereocenters. The number of amides is 1. The molecule has 2 heterocycles. The minimum absolute atomic E-state index is 0.227. The summed E-state index contributed by atoms with van der Waals surface area (Å²) in [5, 5.41) is 4.55. The summed E-state index contributed by atoms with van der Waals surface area (Å²) in [4.78, 5) is 28.3. The molecule has 0 unspecified atom stereocenters. The van der Waals surface area contributed by atoms with Gasteiger partial charge in [0.25, 0.3) is 5.56 Å². The van der Waals surface area contributed by atoms with Crippen molar-refractivity contribution in [3.8, 4) is 5.69 Å². The standard InChI is InChI=1S/C15H15N5O2/c1-10(2)14(21)18-19-9-16-13-12(15(19)22)8-17-20(13)11-6-4-3-5-7-11/h3-10H,1-2H3,(H,18,21). The number of rotatable bonds is 3. The topological polar surface area (TPSA) is 81.8 Å². The summed E-state index contributed by atoms with van der Waals surface area (Å²) in [6.07, 6.45) is 2.75. The Kier molecular flexibility index (Phi) is 3.46. The fraction of sp³-hybridized carbons (Fsp3) is 0.200. The minimum Gasteiger partial charge on any atom is -0.273 e. The van der Waals surface area contributed by atoms with Gasteiger partial charge in [-0.2, -0.15) is 5.10 Å². The van der Waals surface area contributed by atoms with Crippen LogP contribution in [0.5, 0.6) is 0 Å². The normalized spacial score (nSPS) is 11.0. The fourth-order valence-corrected chi connectivity index (χ4v) is 2.00. The Hall–Kier alpha value is -2.96. The second-order valence-corrected chi connectivity index (χ2v) is 5.18. The Morgan fingerprint density at radius 3 is 2.64 bits per heavy atom. The molecule has 7 nitrogen and oxygen atoms in total. The Morgan fingerprint density at radius 2 is 1.95 bits per heavy atom. The van der Waals surface area contributed by atoms with E-state index in [0.717, 1.165) is 10.4 Å². The highest BCUT2D eigenvalue weighted by atomic mass is 16.2. The van der Waals surface area contributed by atoms with Crippen molar-refractivity contribution in [1.29, 1.82) is 0 Å². The van der Waals surface area contributed by atoms with E-state index in [1.54, 1.807) is 18.5 Å². The van der Waals surface area contributed by atoms with Gasteiger partial charge >= 0.3 is 0 Å². The first kappa shape index (κ1) is 14.0. The Morgan fingerprint density at radius 1 is 1.23 bits per heavy atom. The molecule has 0 aliphatic carbocycles. The molecule has 3 aromatic rings. The lowest BCUT2D eigenvalue weighted by Crippen LogP contribution is -2.35. The van der Waals surface area contributed by atoms with Crippen LogP contribution in [0.3, 0.4) is 0 Å². The van der Waals surface area contributed by atoms with Crippen molar-refractivity contribution in [3.05, 3.63) is 53.2 Å². The second-order valence-electron chi connectivity index (χ2n) is 5.18. The van der Waals surface area contributed by atoms with Crippen LogP contribution in [0, 0.1) is 5.92 Å². The maximum absolute atomic E-state index is 12.4. The largest absolute Gasteiger partial charge is 0.283 e. The predicted octanol–water partition coefficient (Wildman–Crippen LogP) is 1.31. The zero-order chi connectivity index (χ0) is 15.7. The van der Waals surface area contributed by atoms with Gasteiger partial charge in [0.1, 0.15) is 11.7 Å². The number of fused-ring (bicyclic) bond motifs is 1. The summed E-state index contributed by atoms with van der Waals surface area (Å²) in [7, 11) is 0. The molecular weight excluding hydrogens is 282 g/mol. The van der Waals surface area contributed by atoms with Gasteiger partial charge in [0.15, 0.2) is 5.65 Å². The third-order valence-corrected chi connectivity index (χ3v) is 3.24. The van der Waals surface area contributed by atoms with Crippen molar-refractivity contribution >= 4 is 16.9 Å². The van der Waals surface area contributed by atoms with E-state index in [9.17, 15) is 9.59 Å². The lowest BCUT2D eigenvalue weighted by Gasteiger charge is -2.09. The molecule has 22 heavy (non-hydrogen) atoms. The zero-order valence-corrected chi connectivity index (χ0v) is 12.2. The molecule has 0 spiro atoms. The van der Waals surface area contributed by atoms with Crippen molar-refractivity contribution < 1.29 is 4.79 Å². The van der Waals surface area contributed by atoms with Crippen LogP contribution in [-0.2, 0) is 4.79 Å². The molecule has 1 N–H and O–H groups in total. The van der Waals surface area contributed by atoms with E-state index in [4.69, 9.17) is 0 Å². The summed E-state index contributed by atoms with van der Waals surface area (Å²) in [6, 6.07) is 9.41. The van der Waals surface area contributed by atoms with Crippen LogP contribution in [0.15, 0.2) is 47.7 Å². The highest BCUT2D eigenvalue weighted by Gasteiger charge is 2.13. The molecule has 0 fully saturated rings. The highest BCUT2D eigenvalue weighted by molar-refractivity contribution is 5.85. The number of benzene rings is 1. The molecule has 7 heteroatoms. The molecule has 3 rings (SSSR count). The lowest BCUT2D eigenvalue weighted by atomic mass is 10.2. The first-order chi connectivity index (χ1) is 10.6. The van der Waals surface area contributed by atoms with Gasteiger partial charge in [0.2, 0.25) is 5.91 Å². The summed E-state index contributed by atoms with van der Waals surface area (Å²) in [5.74, 6) is -0.478. The van der Waals surface area contributed by atoms with E-state index in [1.165, 1.54) is 12.5 Å². The number of carbonyl (C=O) groups excluding carboxylic acids is 1. The van der Waals surface area contributed by atoms with Gasteiger partial charge < -0.3 is 0 Å². The van der Waals surface area contributed by atoms with Crippen LogP contribution in [0.4, 0.5) is 0 Å². The number of hydrogen-bond acceptors (Lipinski definition) is 4. The van der Waals surface area contributed by atoms with E-state index in [-0.39, 0.29) is 17.4 Å². The maximum atomic E-state index is 12.4. The molecule has 0 saturated carbocycles. The first-order valence-corrected chi connectivity index (χ1v) is 6.89. The number of hydrogen-bond donors (Lipinski definition) is 1. The third-order valence-electron chi connectivity index (χ3n) is 3.24. The number of aromatic nitrogens is 4. The number of nitrogens with one attached hydrogen (secondary N) is 1. The molecule has 0 radical (unpaired) electrons. The van der Waals surface area contributed by atoms with Crippen molar-refractivity contribution in [3.63, 3.8) is 0 Å². The van der Waals surface area contributed by atoms with E-state index < -0.39 is 0 Å². The highest BCUT2D eigenvalue weighted by Crippen LogP contribution is 2.12. The SMILES string of the molecule is CC(C)C(=O)Nn1cnc2c(cnn2-c2ccccc2)c1=O. The monoisotopic (exact) mass is 297 g/mol. The smallest absolute Gasteiger partial charge is 0.273 e. The molecule has 2 aromatic heterocycles. The predicted molar refractivity (Wildman–Crippen MR) is 82.3 cm³/mol. The molecule has 1 aromatic carbocycles. The van der Waals surface area contributed by atoms with Crippen LogP contribution < -0.4 is 11.0 Å². The Bertz CT molecular complexity index is 880. The summed E-state index contributed by atoms with van der Waals surface area (Å²) >= 11 is 0. The van der Waals surface area contributed by atoms with Gasteiger partial charge in [-0.3, -0.25) is 15.0 Å². The Balaban J connectivity index is 2.07. The number of para-hydroxylation sites is 1. The number of carbonyl (C=O) groups is 1. The van der Waals surface area contributed by atoms with Crippen molar-refractivity contribution in [1.82, 2.24) is 19.4 Å². The minimum atomic E-state index is -0.360. The van der Waals surface area contributed by atoms with Gasteiger partial charge in [0, 0.05) is 5.92 Å². The van der Waals surface area contributed by atoms with Crippen molar-refractivity contribution in [2.45, 2.75) is 13.8 Å². The maximum Gasteiger partial charge on any atom is 0.283 e. The average Bonchev–Trinajstić information content (AvgIpc) is 2.95. The van der Waals surface area contributed by atoms with Gasteiger partial charge in [-0.25, -0.2) is 14.3 Å². The second kappa shape index (κ2) is 5.44. The Labute approximate surface area is 126 Å². The van der Waals surface area contributed by atoms with Crippen molar-refractivity contribution in [2.75, 3.05) is 5.43 Å². The molecule has 0 aliphatic rings. The quantitative estimate of drug-likeness (QED) is 0.790. The molecule has 0 aliphatic heterocycles. The van der Waals surface area contributed by atoms with Crippen LogP contribution in [0.1, 0.15) is 13.8 Å². The molecular formula is C15H15N5O2. The first-order valence-electron chi connectivity index (χ1n) is 6.89. The van der Waals surface area contributed by atoms with Gasteiger partial charge in [-0.1, -0.05) is 32.0 Å². The average molecular weight is 297 g/mol. The van der Waals surface area contributed by atoms with E-state index in [2.05, 4.69) is 15.5 Å². The van der Waals surface area contributed by atoms with Gasteiger partial charge in [-0.05, 0) is 12.1 Å². The molecule has 0 saturated heterocycles. The van der Waals surface area contributed by atoms with E-state index in [1.807, 2.05) is 30.3 Å². The molecule has 1 amide bonds. The van der Waals surface area contributed by atoms with Crippen LogP contribution >= 0.6 is 0 Å². The van der Waals surface area contributed by atoms with Crippen molar-refractivity contribution in [2.24, 2.45) is 5.92 Å². The lowest BCUT2D eigenvalue weighted by molar-refractivity contribution is -0.119. The summed E-state index contributed by atoms with van der Waals surface area (Å²) in [5.41, 5.74) is 3.42.